The van der Waals surface area contributed by atoms with Crippen molar-refractivity contribution in [3.8, 4) is 0 Å². The highest BCUT2D eigenvalue weighted by Crippen LogP contribution is 2.18. The highest BCUT2D eigenvalue weighted by molar-refractivity contribution is 6.00. The van der Waals surface area contributed by atoms with Crippen LogP contribution >= 0.6 is 0 Å². The van der Waals surface area contributed by atoms with Crippen molar-refractivity contribution in [3.63, 3.8) is 0 Å². The van der Waals surface area contributed by atoms with Crippen LogP contribution in [-0.2, 0) is 4.79 Å². The summed E-state index contributed by atoms with van der Waals surface area (Å²) in [6.45, 7) is 6.12. The third-order valence-electron chi connectivity index (χ3n) is 3.95. The summed E-state index contributed by atoms with van der Waals surface area (Å²) in [4.78, 5) is 26.2. The predicted molar refractivity (Wildman–Crippen MR) is 98.6 cm³/mol. The molecule has 0 spiro atoms. The quantitative estimate of drug-likeness (QED) is 0.743. The number of Topliss-reactive ketones (excluding diaryl/α,β-unsaturated/α-hetero) is 1. The maximum atomic E-state index is 12.0. The minimum Gasteiger partial charge on any atom is -0.372 e. The molecule has 4 heteroatoms. The molecule has 0 aliphatic heterocycles. The van der Waals surface area contributed by atoms with Gasteiger partial charge in [0.25, 0.3) is 0 Å². The van der Waals surface area contributed by atoms with Crippen LogP contribution in [0, 0.1) is 0 Å². The molecule has 2 rings (SSSR count). The molecule has 0 aliphatic carbocycles. The molecule has 1 amide bonds. The van der Waals surface area contributed by atoms with Crippen LogP contribution in [0.1, 0.15) is 37.0 Å². The van der Waals surface area contributed by atoms with Crippen molar-refractivity contribution in [2.75, 3.05) is 23.3 Å². The lowest BCUT2D eigenvalue weighted by atomic mass is 10.1. The second-order valence-electron chi connectivity index (χ2n) is 5.56. The molecule has 1 N–H and O–H groups in total. The number of hydrogen-bond acceptors (Lipinski definition) is 3. The van der Waals surface area contributed by atoms with Crippen LogP contribution in [0.2, 0.25) is 0 Å². The Balaban J connectivity index is 1.85. The molecule has 0 heterocycles. The number of rotatable bonds is 8. The second kappa shape index (κ2) is 8.87. The Morgan fingerprint density at radius 1 is 0.875 bits per heavy atom. The molecule has 0 saturated carbocycles. The van der Waals surface area contributed by atoms with E-state index < -0.39 is 0 Å². The monoisotopic (exact) mass is 324 g/mol. The van der Waals surface area contributed by atoms with E-state index in [4.69, 9.17) is 0 Å². The molecular formula is C20H24N2O2. The summed E-state index contributed by atoms with van der Waals surface area (Å²) in [5.41, 5.74) is 2.54. The molecule has 2 aromatic rings. The fourth-order valence-electron chi connectivity index (χ4n) is 2.56. The van der Waals surface area contributed by atoms with Gasteiger partial charge in [0, 0.05) is 42.9 Å². The molecular weight excluding hydrogens is 300 g/mol. The summed E-state index contributed by atoms with van der Waals surface area (Å²) in [5.74, 6) is -0.155. The van der Waals surface area contributed by atoms with Crippen LogP contribution in [-0.4, -0.2) is 24.8 Å². The van der Waals surface area contributed by atoms with Gasteiger partial charge >= 0.3 is 0 Å². The summed E-state index contributed by atoms with van der Waals surface area (Å²) < 4.78 is 0. The van der Waals surface area contributed by atoms with Gasteiger partial charge in [0.1, 0.15) is 0 Å². The van der Waals surface area contributed by atoms with Crippen molar-refractivity contribution >= 4 is 23.1 Å². The molecule has 126 valence electrons. The fourth-order valence-corrected chi connectivity index (χ4v) is 2.56. The molecule has 0 aliphatic rings. The van der Waals surface area contributed by atoms with Crippen LogP contribution in [0.5, 0.6) is 0 Å². The van der Waals surface area contributed by atoms with Crippen molar-refractivity contribution in [2.45, 2.75) is 26.7 Å². The van der Waals surface area contributed by atoms with Gasteiger partial charge in [-0.25, -0.2) is 0 Å². The smallest absolute Gasteiger partial charge is 0.224 e. The highest BCUT2D eigenvalue weighted by Gasteiger charge is 2.09. The Kier molecular flexibility index (Phi) is 6.55. The minimum atomic E-state index is -0.144. The van der Waals surface area contributed by atoms with Gasteiger partial charge in [-0.05, 0) is 38.1 Å². The second-order valence-corrected chi connectivity index (χ2v) is 5.56. The van der Waals surface area contributed by atoms with E-state index in [2.05, 4.69) is 24.1 Å². The Hall–Kier alpha value is -2.62. The van der Waals surface area contributed by atoms with E-state index in [-0.39, 0.29) is 24.5 Å². The van der Waals surface area contributed by atoms with Gasteiger partial charge in [0.15, 0.2) is 5.78 Å². The molecule has 0 aromatic heterocycles. The van der Waals surface area contributed by atoms with E-state index in [9.17, 15) is 9.59 Å². The number of carbonyl (C=O) groups excluding carboxylic acids is 2. The highest BCUT2D eigenvalue weighted by atomic mass is 16.2. The number of nitrogens with zero attached hydrogens (tertiary/aromatic N) is 1. The first-order valence-corrected chi connectivity index (χ1v) is 8.37. The average Bonchev–Trinajstić information content (AvgIpc) is 2.63. The normalized spacial score (nSPS) is 10.2. The molecule has 0 radical (unpaired) electrons. The molecule has 4 nitrogen and oxygen atoms in total. The SMILES string of the molecule is CCN(CC)c1ccc(NC(=O)CCC(=O)c2ccccc2)cc1. The lowest BCUT2D eigenvalue weighted by molar-refractivity contribution is -0.116. The first-order chi connectivity index (χ1) is 11.6. The van der Waals surface area contributed by atoms with Crippen LogP contribution < -0.4 is 10.2 Å². The summed E-state index contributed by atoms with van der Waals surface area (Å²) in [6, 6.07) is 16.8. The maximum absolute atomic E-state index is 12.0. The predicted octanol–water partition coefficient (Wildman–Crippen LogP) is 4.13. The molecule has 0 fully saturated rings. The number of anilines is 2. The molecule has 2 aromatic carbocycles. The Morgan fingerprint density at radius 2 is 1.50 bits per heavy atom. The summed E-state index contributed by atoms with van der Waals surface area (Å²) >= 11 is 0. The van der Waals surface area contributed by atoms with Gasteiger partial charge in [-0.2, -0.15) is 0 Å². The lowest BCUT2D eigenvalue weighted by Crippen LogP contribution is -2.21. The van der Waals surface area contributed by atoms with E-state index in [0.29, 0.717) is 5.56 Å². The zero-order chi connectivity index (χ0) is 17.4. The first kappa shape index (κ1) is 17.7. The first-order valence-electron chi connectivity index (χ1n) is 8.37. The maximum Gasteiger partial charge on any atom is 0.224 e. The Bertz CT molecular complexity index is 662. The van der Waals surface area contributed by atoms with Crippen molar-refractivity contribution in [2.24, 2.45) is 0 Å². The largest absolute Gasteiger partial charge is 0.372 e. The van der Waals surface area contributed by atoms with Crippen LogP contribution in [0.25, 0.3) is 0 Å². The lowest BCUT2D eigenvalue weighted by Gasteiger charge is -2.21. The van der Waals surface area contributed by atoms with Gasteiger partial charge in [0.05, 0.1) is 0 Å². The number of amides is 1. The molecule has 0 bridgehead atoms. The third kappa shape index (κ3) is 4.95. The minimum absolute atomic E-state index is 0.0115. The van der Waals surface area contributed by atoms with E-state index in [0.717, 1.165) is 24.5 Å². The van der Waals surface area contributed by atoms with Crippen molar-refractivity contribution in [3.05, 3.63) is 60.2 Å². The molecule has 0 unspecified atom stereocenters. The van der Waals surface area contributed by atoms with E-state index in [1.165, 1.54) is 0 Å². The molecule has 0 atom stereocenters. The third-order valence-corrected chi connectivity index (χ3v) is 3.95. The van der Waals surface area contributed by atoms with E-state index >= 15 is 0 Å². The number of hydrogen-bond donors (Lipinski definition) is 1. The molecule has 0 saturated heterocycles. The number of carbonyl (C=O) groups is 2. The van der Waals surface area contributed by atoms with Crippen LogP contribution in [0.3, 0.4) is 0 Å². The summed E-state index contributed by atoms with van der Waals surface area (Å²) in [5, 5.41) is 2.84. The number of nitrogens with one attached hydrogen (secondary N) is 1. The topological polar surface area (TPSA) is 49.4 Å². The van der Waals surface area contributed by atoms with Gasteiger partial charge in [-0.15, -0.1) is 0 Å². The summed E-state index contributed by atoms with van der Waals surface area (Å²) in [6.07, 6.45) is 0.402. The summed E-state index contributed by atoms with van der Waals surface area (Å²) in [7, 11) is 0. The number of benzene rings is 2. The average molecular weight is 324 g/mol. The van der Waals surface area contributed by atoms with Crippen LogP contribution in [0.4, 0.5) is 11.4 Å². The van der Waals surface area contributed by atoms with Gasteiger partial charge in [0.2, 0.25) is 5.91 Å². The Morgan fingerprint density at radius 3 is 2.08 bits per heavy atom. The fraction of sp³-hybridized carbons (Fsp3) is 0.300. The van der Waals surface area contributed by atoms with Crippen molar-refractivity contribution < 1.29 is 9.59 Å². The van der Waals surface area contributed by atoms with Crippen molar-refractivity contribution in [1.82, 2.24) is 0 Å². The Labute approximate surface area is 143 Å². The molecule has 24 heavy (non-hydrogen) atoms. The zero-order valence-electron chi connectivity index (χ0n) is 14.3. The van der Waals surface area contributed by atoms with Gasteiger partial charge < -0.3 is 10.2 Å². The van der Waals surface area contributed by atoms with E-state index in [1.54, 1.807) is 12.1 Å². The van der Waals surface area contributed by atoms with E-state index in [1.807, 2.05) is 42.5 Å². The van der Waals surface area contributed by atoms with Crippen molar-refractivity contribution in [1.29, 1.82) is 0 Å². The number of ketones is 1. The van der Waals surface area contributed by atoms with Gasteiger partial charge in [-0.1, -0.05) is 30.3 Å². The van der Waals surface area contributed by atoms with Crippen LogP contribution in [0.15, 0.2) is 54.6 Å². The zero-order valence-corrected chi connectivity index (χ0v) is 14.3. The standard InChI is InChI=1S/C20H24N2O2/c1-3-22(4-2)18-12-10-17(11-13-18)21-20(24)15-14-19(23)16-8-6-5-7-9-16/h5-13H,3-4,14-15H2,1-2H3,(H,21,24). The van der Waals surface area contributed by atoms with Gasteiger partial charge in [-0.3, -0.25) is 9.59 Å².